The van der Waals surface area contributed by atoms with Gasteiger partial charge in [-0.3, -0.25) is 0 Å². The van der Waals surface area contributed by atoms with Gasteiger partial charge in [0.1, 0.15) is 5.75 Å². The molecule has 0 heterocycles. The summed E-state index contributed by atoms with van der Waals surface area (Å²) in [6.45, 7) is 13.6. The highest BCUT2D eigenvalue weighted by atomic mass is 32.2. The fourth-order valence-corrected chi connectivity index (χ4v) is 5.30. The van der Waals surface area contributed by atoms with Crippen molar-refractivity contribution >= 4 is 15.7 Å². The van der Waals surface area contributed by atoms with E-state index in [-0.39, 0.29) is 5.75 Å². The van der Waals surface area contributed by atoms with E-state index in [1.54, 1.807) is 12.1 Å². The van der Waals surface area contributed by atoms with Gasteiger partial charge in [-0.2, -0.15) is 21.6 Å². The largest absolute Gasteiger partial charge is 0.534 e. The number of allylic oxidation sites excluding steroid dienone is 1. The second-order valence-corrected chi connectivity index (χ2v) is 11.0. The third-order valence-electron chi connectivity index (χ3n) is 7.33. The van der Waals surface area contributed by atoms with E-state index in [0.29, 0.717) is 18.4 Å². The lowest BCUT2D eigenvalue weighted by molar-refractivity contribution is -0.0500. The minimum absolute atomic E-state index is 0.303. The zero-order valence-corrected chi connectivity index (χ0v) is 22.9. The molecule has 0 bridgehead atoms. The van der Waals surface area contributed by atoms with Crippen molar-refractivity contribution < 1.29 is 30.9 Å². The standard InChI is InChI=1S/C28H37F3O4S/c1-8-26(32,9-2)18-21(7)24-14-12-22(16-19(24)5)27(10-3,11-4)23-13-15-25(20(6)17-23)35-36(33,34)28(29,30)31/h12-18,32H,8-11H2,1-7H3. The van der Waals surface area contributed by atoms with E-state index in [4.69, 9.17) is 0 Å². The van der Waals surface area contributed by atoms with Crippen LogP contribution >= 0.6 is 0 Å². The van der Waals surface area contributed by atoms with Crippen LogP contribution in [0, 0.1) is 13.8 Å². The molecule has 4 nitrogen and oxygen atoms in total. The molecule has 8 heteroatoms. The molecule has 1 N–H and O–H groups in total. The predicted molar refractivity (Wildman–Crippen MR) is 139 cm³/mol. The minimum atomic E-state index is -5.74. The van der Waals surface area contributed by atoms with Crippen molar-refractivity contribution in [1.82, 2.24) is 0 Å². The number of benzene rings is 2. The van der Waals surface area contributed by atoms with Crippen molar-refractivity contribution in [3.63, 3.8) is 0 Å². The second kappa shape index (κ2) is 11.0. The first-order chi connectivity index (χ1) is 16.6. The van der Waals surface area contributed by atoms with Crippen LogP contribution in [0.5, 0.6) is 5.75 Å². The second-order valence-electron chi connectivity index (χ2n) is 9.42. The summed E-state index contributed by atoms with van der Waals surface area (Å²) in [5.41, 5.74) is -1.47. The van der Waals surface area contributed by atoms with Gasteiger partial charge in [-0.15, -0.1) is 0 Å². The van der Waals surface area contributed by atoms with Crippen molar-refractivity contribution in [3.8, 4) is 5.75 Å². The Hall–Kier alpha value is -2.32. The molecule has 0 atom stereocenters. The molecule has 0 unspecified atom stereocenters. The fourth-order valence-electron chi connectivity index (χ4n) is 4.78. The summed E-state index contributed by atoms with van der Waals surface area (Å²) >= 11 is 0. The van der Waals surface area contributed by atoms with E-state index in [0.717, 1.165) is 40.7 Å². The molecule has 0 aromatic heterocycles. The Bertz CT molecular complexity index is 1210. The number of hydrogen-bond acceptors (Lipinski definition) is 4. The fraction of sp³-hybridized carbons (Fsp3) is 0.500. The van der Waals surface area contributed by atoms with E-state index in [9.17, 15) is 26.7 Å². The number of alkyl halides is 3. The SMILES string of the molecule is CCC(O)(C=C(C)c1ccc(C(CC)(CC)c2ccc(OS(=O)(=O)C(F)(F)F)c(C)c2)cc1C)CC. The maximum atomic E-state index is 12.8. The van der Waals surface area contributed by atoms with Crippen LogP contribution in [0.2, 0.25) is 0 Å². The molecule has 0 fully saturated rings. The zero-order valence-electron chi connectivity index (χ0n) is 22.1. The molecule has 2 aromatic carbocycles. The molecule has 2 aromatic rings. The maximum absolute atomic E-state index is 12.8. The number of aliphatic hydroxyl groups is 1. The third-order valence-corrected chi connectivity index (χ3v) is 8.30. The smallest absolute Gasteiger partial charge is 0.386 e. The first kappa shape index (κ1) is 29.9. The average molecular weight is 527 g/mol. The van der Waals surface area contributed by atoms with Gasteiger partial charge in [0.25, 0.3) is 0 Å². The molecule has 2 rings (SSSR count). The summed E-state index contributed by atoms with van der Waals surface area (Å²) in [4.78, 5) is 0. The van der Waals surface area contributed by atoms with Gasteiger partial charge in [0.15, 0.2) is 0 Å². The summed E-state index contributed by atoms with van der Waals surface area (Å²) in [5.74, 6) is -0.344. The first-order valence-electron chi connectivity index (χ1n) is 12.2. The van der Waals surface area contributed by atoms with Gasteiger partial charge in [0, 0.05) is 5.41 Å². The molecule has 0 amide bonds. The molecule has 0 spiro atoms. The molecule has 36 heavy (non-hydrogen) atoms. The Morgan fingerprint density at radius 3 is 1.81 bits per heavy atom. The molecule has 0 saturated carbocycles. The summed E-state index contributed by atoms with van der Waals surface area (Å²) in [6, 6.07) is 10.8. The van der Waals surface area contributed by atoms with Crippen LogP contribution in [0.3, 0.4) is 0 Å². The van der Waals surface area contributed by atoms with Crippen molar-refractivity contribution in [1.29, 1.82) is 0 Å². The van der Waals surface area contributed by atoms with Crippen LogP contribution in [-0.4, -0.2) is 24.6 Å². The lowest BCUT2D eigenvalue weighted by atomic mass is 9.69. The van der Waals surface area contributed by atoms with E-state index in [1.165, 1.54) is 13.0 Å². The van der Waals surface area contributed by atoms with E-state index < -0.39 is 26.6 Å². The monoisotopic (exact) mass is 526 g/mol. The molecular formula is C28H37F3O4S. The Morgan fingerprint density at radius 2 is 1.39 bits per heavy atom. The van der Waals surface area contributed by atoms with Gasteiger partial charge in [0.05, 0.1) is 5.60 Å². The molecule has 200 valence electrons. The van der Waals surface area contributed by atoms with E-state index in [1.807, 2.05) is 53.7 Å². The van der Waals surface area contributed by atoms with Crippen LogP contribution in [0.4, 0.5) is 13.2 Å². The summed E-state index contributed by atoms with van der Waals surface area (Å²) in [5, 5.41) is 10.7. The Morgan fingerprint density at radius 1 is 0.889 bits per heavy atom. The first-order valence-corrected chi connectivity index (χ1v) is 13.7. The Labute approximate surface area is 213 Å². The van der Waals surface area contributed by atoms with Crippen LogP contribution in [0.25, 0.3) is 5.57 Å². The van der Waals surface area contributed by atoms with Gasteiger partial charge < -0.3 is 9.29 Å². The van der Waals surface area contributed by atoms with Crippen LogP contribution in [0.15, 0.2) is 42.5 Å². The lowest BCUT2D eigenvalue weighted by Crippen LogP contribution is -2.29. The van der Waals surface area contributed by atoms with Gasteiger partial charge in [-0.25, -0.2) is 0 Å². The lowest BCUT2D eigenvalue weighted by Gasteiger charge is -2.34. The van der Waals surface area contributed by atoms with Gasteiger partial charge in [0.2, 0.25) is 0 Å². The van der Waals surface area contributed by atoms with Gasteiger partial charge >= 0.3 is 15.6 Å². The highest BCUT2D eigenvalue weighted by Gasteiger charge is 2.48. The average Bonchev–Trinajstić information content (AvgIpc) is 2.81. The van der Waals surface area contributed by atoms with Crippen LogP contribution in [0.1, 0.15) is 88.1 Å². The molecule has 0 aliphatic rings. The Balaban J connectivity index is 2.54. The molecular weight excluding hydrogens is 489 g/mol. The Kier molecular flexibility index (Phi) is 9.11. The molecule has 0 aliphatic heterocycles. The molecule has 0 saturated heterocycles. The number of rotatable bonds is 10. The maximum Gasteiger partial charge on any atom is 0.534 e. The normalized spacial score (nSPS) is 13.7. The van der Waals surface area contributed by atoms with Crippen molar-refractivity contribution in [2.75, 3.05) is 0 Å². The topological polar surface area (TPSA) is 63.6 Å². The van der Waals surface area contributed by atoms with Crippen LogP contribution < -0.4 is 4.18 Å². The number of halogens is 3. The predicted octanol–water partition coefficient (Wildman–Crippen LogP) is 7.59. The van der Waals surface area contributed by atoms with Crippen molar-refractivity contribution in [2.24, 2.45) is 0 Å². The summed E-state index contributed by atoms with van der Waals surface area (Å²) < 4.78 is 65.7. The van der Waals surface area contributed by atoms with Gasteiger partial charge in [-0.1, -0.05) is 58.0 Å². The summed E-state index contributed by atoms with van der Waals surface area (Å²) in [6.07, 6.45) is 4.61. The highest BCUT2D eigenvalue weighted by Crippen LogP contribution is 2.42. The van der Waals surface area contributed by atoms with E-state index in [2.05, 4.69) is 16.3 Å². The van der Waals surface area contributed by atoms with Crippen molar-refractivity contribution in [2.45, 2.75) is 90.7 Å². The van der Waals surface area contributed by atoms with E-state index >= 15 is 0 Å². The third kappa shape index (κ3) is 5.97. The number of aryl methyl sites for hydroxylation is 2. The quantitative estimate of drug-likeness (QED) is 0.256. The number of hydrogen-bond donors (Lipinski definition) is 1. The minimum Gasteiger partial charge on any atom is -0.386 e. The summed E-state index contributed by atoms with van der Waals surface area (Å²) in [7, 11) is -5.74. The van der Waals surface area contributed by atoms with Gasteiger partial charge in [-0.05, 0) is 92.0 Å². The molecule has 0 radical (unpaired) electrons. The van der Waals surface area contributed by atoms with Crippen LogP contribution in [-0.2, 0) is 15.5 Å². The zero-order chi connectivity index (χ0) is 27.5. The molecule has 0 aliphatic carbocycles. The highest BCUT2D eigenvalue weighted by molar-refractivity contribution is 7.88. The van der Waals surface area contributed by atoms with Crippen molar-refractivity contribution in [3.05, 3.63) is 70.3 Å².